The third-order valence-electron chi connectivity index (χ3n) is 2.79. The Morgan fingerprint density at radius 2 is 1.89 bits per heavy atom. The van der Waals surface area contributed by atoms with Crippen molar-refractivity contribution in [2.24, 2.45) is 0 Å². The zero-order valence-corrected chi connectivity index (χ0v) is 11.3. The molecule has 0 radical (unpaired) electrons. The van der Waals surface area contributed by atoms with Gasteiger partial charge in [-0.15, -0.1) is 11.3 Å². The summed E-state index contributed by atoms with van der Waals surface area (Å²) in [4.78, 5) is 4.33. The molecule has 2 aromatic carbocycles. The summed E-state index contributed by atoms with van der Waals surface area (Å²) in [6, 6.07) is 14.2. The Balaban J connectivity index is 2.31. The maximum absolute atomic E-state index is 6.02. The molecule has 4 heteroatoms. The summed E-state index contributed by atoms with van der Waals surface area (Å²) < 4.78 is 6.91. The van der Waals surface area contributed by atoms with Crippen molar-refractivity contribution in [1.82, 2.24) is 4.98 Å². The first-order valence-electron chi connectivity index (χ1n) is 5.48. The van der Waals surface area contributed by atoms with Crippen LogP contribution in [0.1, 0.15) is 0 Å². The first kappa shape index (κ1) is 11.5. The molecule has 0 saturated carbocycles. The van der Waals surface area contributed by atoms with Crippen LogP contribution in [-0.4, -0.2) is 12.1 Å². The fourth-order valence-electron chi connectivity index (χ4n) is 1.97. The van der Waals surface area contributed by atoms with Gasteiger partial charge in [0, 0.05) is 5.56 Å². The van der Waals surface area contributed by atoms with Crippen LogP contribution in [0.15, 0.2) is 42.5 Å². The standard InChI is InChI=1S/C14H10ClNOS/c1-17-11-8-7-10(9-5-3-2-4-6-9)13-12(11)16-14(15)18-13/h2-8H,1H3. The third kappa shape index (κ3) is 1.85. The Kier molecular flexibility index (Phi) is 2.94. The van der Waals surface area contributed by atoms with Crippen LogP contribution in [0.25, 0.3) is 21.3 Å². The minimum Gasteiger partial charge on any atom is -0.494 e. The molecule has 3 aromatic rings. The van der Waals surface area contributed by atoms with Crippen LogP contribution in [0.5, 0.6) is 5.75 Å². The number of benzene rings is 2. The number of rotatable bonds is 2. The molecule has 0 amide bonds. The smallest absolute Gasteiger partial charge is 0.184 e. The molecule has 0 atom stereocenters. The van der Waals surface area contributed by atoms with E-state index in [-0.39, 0.29) is 0 Å². The topological polar surface area (TPSA) is 22.1 Å². The Morgan fingerprint density at radius 3 is 2.61 bits per heavy atom. The molecule has 1 heterocycles. The van der Waals surface area contributed by atoms with Gasteiger partial charge < -0.3 is 4.74 Å². The second-order valence-electron chi connectivity index (χ2n) is 3.83. The lowest BCUT2D eigenvalue weighted by atomic mass is 10.1. The van der Waals surface area contributed by atoms with E-state index in [0.717, 1.165) is 27.1 Å². The number of ether oxygens (including phenoxy) is 1. The van der Waals surface area contributed by atoms with Gasteiger partial charge in [-0.3, -0.25) is 0 Å². The SMILES string of the molecule is COc1ccc(-c2ccccc2)c2sc(Cl)nc12. The molecule has 0 aliphatic heterocycles. The summed E-state index contributed by atoms with van der Waals surface area (Å²) in [5.41, 5.74) is 3.12. The van der Waals surface area contributed by atoms with E-state index in [9.17, 15) is 0 Å². The van der Waals surface area contributed by atoms with Crippen molar-refractivity contribution < 1.29 is 4.74 Å². The zero-order valence-electron chi connectivity index (χ0n) is 9.68. The molecule has 0 saturated heterocycles. The van der Waals surface area contributed by atoms with Gasteiger partial charge in [-0.2, -0.15) is 0 Å². The second-order valence-corrected chi connectivity index (χ2v) is 5.41. The maximum atomic E-state index is 6.02. The summed E-state index contributed by atoms with van der Waals surface area (Å²) in [6.07, 6.45) is 0. The monoisotopic (exact) mass is 275 g/mol. The highest BCUT2D eigenvalue weighted by molar-refractivity contribution is 7.22. The van der Waals surface area contributed by atoms with E-state index < -0.39 is 0 Å². The Labute approximate surface area is 114 Å². The van der Waals surface area contributed by atoms with E-state index >= 15 is 0 Å². The van der Waals surface area contributed by atoms with Crippen LogP contribution in [0.2, 0.25) is 4.47 Å². The highest BCUT2D eigenvalue weighted by atomic mass is 35.5. The molecule has 1 aromatic heterocycles. The summed E-state index contributed by atoms with van der Waals surface area (Å²) in [5, 5.41) is 0. The van der Waals surface area contributed by atoms with E-state index in [1.54, 1.807) is 7.11 Å². The molecule has 0 unspecified atom stereocenters. The quantitative estimate of drug-likeness (QED) is 0.680. The summed E-state index contributed by atoms with van der Waals surface area (Å²) >= 11 is 7.50. The lowest BCUT2D eigenvalue weighted by Crippen LogP contribution is -1.86. The van der Waals surface area contributed by atoms with E-state index in [0.29, 0.717) is 4.47 Å². The van der Waals surface area contributed by atoms with Crippen molar-refractivity contribution in [3.05, 3.63) is 46.9 Å². The number of aromatic nitrogens is 1. The van der Waals surface area contributed by atoms with Gasteiger partial charge >= 0.3 is 0 Å². The van der Waals surface area contributed by atoms with Gasteiger partial charge in [0.15, 0.2) is 4.47 Å². The Hall–Kier alpha value is -1.58. The van der Waals surface area contributed by atoms with Crippen LogP contribution in [0, 0.1) is 0 Å². The van der Waals surface area contributed by atoms with Gasteiger partial charge in [0.1, 0.15) is 11.3 Å². The number of thiazole rings is 1. The summed E-state index contributed by atoms with van der Waals surface area (Å²) in [5.74, 6) is 0.757. The molecule has 0 fully saturated rings. The van der Waals surface area contributed by atoms with E-state index in [2.05, 4.69) is 17.1 Å². The first-order valence-corrected chi connectivity index (χ1v) is 6.67. The van der Waals surface area contributed by atoms with Crippen LogP contribution in [0.4, 0.5) is 0 Å². The Morgan fingerprint density at radius 1 is 1.11 bits per heavy atom. The van der Waals surface area contributed by atoms with Crippen molar-refractivity contribution in [2.75, 3.05) is 7.11 Å². The maximum Gasteiger partial charge on any atom is 0.184 e. The number of hydrogen-bond donors (Lipinski definition) is 0. The molecule has 2 nitrogen and oxygen atoms in total. The lowest BCUT2D eigenvalue weighted by molar-refractivity contribution is 0.419. The average Bonchev–Trinajstić information content (AvgIpc) is 2.80. The van der Waals surface area contributed by atoms with E-state index in [4.69, 9.17) is 16.3 Å². The zero-order chi connectivity index (χ0) is 12.5. The molecule has 18 heavy (non-hydrogen) atoms. The molecule has 0 N–H and O–H groups in total. The number of fused-ring (bicyclic) bond motifs is 1. The highest BCUT2D eigenvalue weighted by Gasteiger charge is 2.12. The van der Waals surface area contributed by atoms with Gasteiger partial charge in [0.05, 0.1) is 11.8 Å². The van der Waals surface area contributed by atoms with Crippen molar-refractivity contribution in [2.45, 2.75) is 0 Å². The van der Waals surface area contributed by atoms with Crippen LogP contribution in [-0.2, 0) is 0 Å². The van der Waals surface area contributed by atoms with Crippen molar-refractivity contribution in [1.29, 1.82) is 0 Å². The minimum atomic E-state index is 0.534. The molecule has 0 bridgehead atoms. The molecule has 90 valence electrons. The summed E-state index contributed by atoms with van der Waals surface area (Å²) in [6.45, 7) is 0. The van der Waals surface area contributed by atoms with Crippen molar-refractivity contribution in [3.63, 3.8) is 0 Å². The number of halogens is 1. The van der Waals surface area contributed by atoms with Gasteiger partial charge in [-0.1, -0.05) is 41.9 Å². The molecule has 0 aliphatic rings. The lowest BCUT2D eigenvalue weighted by Gasteiger charge is -2.05. The predicted octanol–water partition coefficient (Wildman–Crippen LogP) is 4.63. The molecule has 3 rings (SSSR count). The van der Waals surface area contributed by atoms with Crippen molar-refractivity contribution in [3.8, 4) is 16.9 Å². The fourth-order valence-corrected chi connectivity index (χ4v) is 3.13. The largest absolute Gasteiger partial charge is 0.494 e. The number of nitrogens with zero attached hydrogens (tertiary/aromatic N) is 1. The molecular weight excluding hydrogens is 266 g/mol. The van der Waals surface area contributed by atoms with Gasteiger partial charge in [0.25, 0.3) is 0 Å². The number of hydrogen-bond acceptors (Lipinski definition) is 3. The van der Waals surface area contributed by atoms with Gasteiger partial charge in [0.2, 0.25) is 0 Å². The van der Waals surface area contributed by atoms with Crippen LogP contribution >= 0.6 is 22.9 Å². The molecule has 0 aliphatic carbocycles. The third-order valence-corrected chi connectivity index (χ3v) is 3.98. The van der Waals surface area contributed by atoms with Crippen LogP contribution < -0.4 is 4.74 Å². The second kappa shape index (κ2) is 4.59. The fraction of sp³-hybridized carbons (Fsp3) is 0.0714. The molecule has 0 spiro atoms. The number of methoxy groups -OCH3 is 1. The Bertz CT molecular complexity index is 694. The van der Waals surface area contributed by atoms with Crippen LogP contribution in [0.3, 0.4) is 0 Å². The summed E-state index contributed by atoms with van der Waals surface area (Å²) in [7, 11) is 1.64. The normalized spacial score (nSPS) is 10.8. The van der Waals surface area contributed by atoms with E-state index in [1.165, 1.54) is 11.3 Å². The van der Waals surface area contributed by atoms with E-state index in [1.807, 2.05) is 30.3 Å². The van der Waals surface area contributed by atoms with Gasteiger partial charge in [-0.25, -0.2) is 4.98 Å². The van der Waals surface area contributed by atoms with Crippen molar-refractivity contribution >= 4 is 33.2 Å². The predicted molar refractivity (Wildman–Crippen MR) is 76.6 cm³/mol. The van der Waals surface area contributed by atoms with Gasteiger partial charge in [-0.05, 0) is 17.7 Å². The average molecular weight is 276 g/mol. The minimum absolute atomic E-state index is 0.534. The first-order chi connectivity index (χ1) is 8.79. The molecular formula is C14H10ClNOS. The highest BCUT2D eigenvalue weighted by Crippen LogP contribution is 2.39.